The van der Waals surface area contributed by atoms with Crippen molar-refractivity contribution < 1.29 is 9.53 Å². The molecular weight excluding hydrogens is 474 g/mol. The summed E-state index contributed by atoms with van der Waals surface area (Å²) in [6, 6.07) is 13.6. The van der Waals surface area contributed by atoms with E-state index in [1.54, 1.807) is 6.20 Å². The summed E-state index contributed by atoms with van der Waals surface area (Å²) in [7, 11) is 0. The Hall–Kier alpha value is -2.01. The number of carbonyl (C=O) groups excluding carboxylic acids is 1. The van der Waals surface area contributed by atoms with Gasteiger partial charge in [-0.05, 0) is 62.4 Å². The zero-order chi connectivity index (χ0) is 19.3. The van der Waals surface area contributed by atoms with Crippen LogP contribution in [0.15, 0.2) is 57.1 Å². The molecule has 1 aromatic heterocycles. The van der Waals surface area contributed by atoms with Crippen LogP contribution in [0.2, 0.25) is 0 Å². The predicted octanol–water partition coefficient (Wildman–Crippen LogP) is 4.34. The molecule has 1 aromatic carbocycles. The minimum atomic E-state index is -0.545. The van der Waals surface area contributed by atoms with Crippen molar-refractivity contribution in [1.29, 1.82) is 5.26 Å². The van der Waals surface area contributed by atoms with Crippen molar-refractivity contribution in [2.75, 3.05) is 13.2 Å². The first kappa shape index (κ1) is 19.7. The highest BCUT2D eigenvalue weighted by atomic mass is 79.9. The fourth-order valence-corrected chi connectivity index (χ4v) is 4.17. The number of rotatable bonds is 4. The van der Waals surface area contributed by atoms with E-state index in [-0.39, 0.29) is 5.57 Å². The van der Waals surface area contributed by atoms with Gasteiger partial charge >= 0.3 is 0 Å². The Kier molecular flexibility index (Phi) is 6.42. The van der Waals surface area contributed by atoms with Crippen molar-refractivity contribution in [2.45, 2.75) is 18.4 Å². The lowest BCUT2D eigenvalue weighted by atomic mass is 9.82. The summed E-state index contributed by atoms with van der Waals surface area (Å²) in [6.45, 7) is 1.11. The number of hydrogen-bond donors (Lipinski definition) is 1. The van der Waals surface area contributed by atoms with Gasteiger partial charge in [-0.2, -0.15) is 5.26 Å². The molecule has 5 nitrogen and oxygen atoms in total. The Balaban J connectivity index is 1.90. The van der Waals surface area contributed by atoms with E-state index < -0.39 is 11.4 Å². The number of pyridine rings is 1. The van der Waals surface area contributed by atoms with Gasteiger partial charge in [-0.3, -0.25) is 9.78 Å². The van der Waals surface area contributed by atoms with Crippen LogP contribution in [0.3, 0.4) is 0 Å². The molecular formula is C20H17Br2N3O2. The van der Waals surface area contributed by atoms with E-state index in [2.05, 4.69) is 42.2 Å². The van der Waals surface area contributed by atoms with Crippen LogP contribution in [0.1, 0.15) is 24.1 Å². The molecule has 1 aliphatic heterocycles. The summed E-state index contributed by atoms with van der Waals surface area (Å²) in [5.41, 5.74) is 0.997. The highest BCUT2D eigenvalue weighted by molar-refractivity contribution is 9.11. The minimum Gasteiger partial charge on any atom is -0.381 e. The highest BCUT2D eigenvalue weighted by Gasteiger charge is 2.36. The first-order valence-corrected chi connectivity index (χ1v) is 10.0. The van der Waals surface area contributed by atoms with E-state index in [4.69, 9.17) is 4.74 Å². The number of nitrogens with one attached hydrogen (secondary N) is 1. The van der Waals surface area contributed by atoms with Crippen LogP contribution >= 0.6 is 31.9 Å². The molecule has 0 radical (unpaired) electrons. The van der Waals surface area contributed by atoms with Crippen LogP contribution in [0.25, 0.3) is 6.08 Å². The molecule has 0 aliphatic carbocycles. The summed E-state index contributed by atoms with van der Waals surface area (Å²) in [4.78, 5) is 17.2. The smallest absolute Gasteiger partial charge is 0.262 e. The lowest BCUT2D eigenvalue weighted by Gasteiger charge is -2.38. The molecule has 7 heteroatoms. The Morgan fingerprint density at radius 1 is 1.26 bits per heavy atom. The monoisotopic (exact) mass is 489 g/mol. The van der Waals surface area contributed by atoms with Gasteiger partial charge in [0.2, 0.25) is 0 Å². The maximum absolute atomic E-state index is 12.9. The van der Waals surface area contributed by atoms with Crippen LogP contribution in [-0.4, -0.2) is 24.1 Å². The molecule has 0 saturated carbocycles. The number of hydrogen-bond acceptors (Lipinski definition) is 4. The van der Waals surface area contributed by atoms with E-state index in [1.165, 1.54) is 6.08 Å². The van der Waals surface area contributed by atoms with E-state index in [0.29, 0.717) is 36.2 Å². The van der Waals surface area contributed by atoms with Gasteiger partial charge in [0.15, 0.2) is 0 Å². The zero-order valence-electron chi connectivity index (χ0n) is 14.4. The van der Waals surface area contributed by atoms with E-state index in [0.717, 1.165) is 10.0 Å². The van der Waals surface area contributed by atoms with Gasteiger partial charge in [0.05, 0.1) is 11.2 Å². The molecule has 2 aromatic rings. The molecule has 138 valence electrons. The number of carbonyl (C=O) groups is 1. The fraction of sp³-hybridized carbons (Fsp3) is 0.250. The van der Waals surface area contributed by atoms with Gasteiger partial charge in [0.25, 0.3) is 5.91 Å². The first-order valence-electron chi connectivity index (χ1n) is 8.43. The molecule has 0 atom stereocenters. The lowest BCUT2D eigenvalue weighted by molar-refractivity contribution is -0.120. The van der Waals surface area contributed by atoms with E-state index in [1.807, 2.05) is 42.5 Å². The number of halogens is 2. The summed E-state index contributed by atoms with van der Waals surface area (Å²) in [5.74, 6) is -0.417. The van der Waals surface area contributed by atoms with E-state index in [9.17, 15) is 10.1 Å². The Morgan fingerprint density at radius 3 is 2.59 bits per heavy atom. The normalized spacial score (nSPS) is 16.4. The average molecular weight is 491 g/mol. The van der Waals surface area contributed by atoms with Crippen LogP contribution in [0.4, 0.5) is 0 Å². The summed E-state index contributed by atoms with van der Waals surface area (Å²) in [5, 5.41) is 12.6. The molecule has 27 heavy (non-hydrogen) atoms. The van der Waals surface area contributed by atoms with Crippen molar-refractivity contribution in [2.24, 2.45) is 0 Å². The fourth-order valence-electron chi connectivity index (χ4n) is 3.06. The highest BCUT2D eigenvalue weighted by Crippen LogP contribution is 2.32. The Labute approximate surface area is 174 Å². The molecule has 1 N–H and O–H groups in total. The molecule has 0 bridgehead atoms. The number of ether oxygens (including phenoxy) is 1. The van der Waals surface area contributed by atoms with Crippen LogP contribution in [0.5, 0.6) is 0 Å². The molecule has 0 unspecified atom stereocenters. The van der Waals surface area contributed by atoms with Gasteiger partial charge in [-0.1, -0.05) is 30.3 Å². The van der Waals surface area contributed by atoms with Crippen molar-refractivity contribution in [3.63, 3.8) is 0 Å². The molecule has 3 rings (SSSR count). The van der Waals surface area contributed by atoms with Crippen molar-refractivity contribution in [3.05, 3.63) is 68.4 Å². The number of nitriles is 1. The Morgan fingerprint density at radius 2 is 1.96 bits per heavy atom. The number of benzene rings is 1. The minimum absolute atomic E-state index is 0.00678. The summed E-state index contributed by atoms with van der Waals surface area (Å²) in [6.07, 6.45) is 4.42. The van der Waals surface area contributed by atoms with Crippen LogP contribution in [-0.2, 0) is 15.1 Å². The second kappa shape index (κ2) is 8.79. The third kappa shape index (κ3) is 4.64. The molecule has 1 fully saturated rings. The van der Waals surface area contributed by atoms with Crippen molar-refractivity contribution in [1.82, 2.24) is 10.3 Å². The van der Waals surface area contributed by atoms with Gasteiger partial charge < -0.3 is 10.1 Å². The maximum atomic E-state index is 12.9. The van der Waals surface area contributed by atoms with Crippen LogP contribution in [0, 0.1) is 11.3 Å². The second-order valence-electron chi connectivity index (χ2n) is 6.21. The largest absolute Gasteiger partial charge is 0.381 e. The third-order valence-corrected chi connectivity index (χ3v) is 5.58. The first-order chi connectivity index (χ1) is 13.0. The SMILES string of the molecule is N#C/C(=C\c1ncc(Br)cc1Br)C(=O)NC1(c2ccccc2)CCOCC1. The number of amides is 1. The zero-order valence-corrected chi connectivity index (χ0v) is 17.6. The quantitative estimate of drug-likeness (QED) is 0.511. The van der Waals surface area contributed by atoms with Gasteiger partial charge in [-0.25, -0.2) is 0 Å². The number of aromatic nitrogens is 1. The van der Waals surface area contributed by atoms with E-state index >= 15 is 0 Å². The number of nitrogens with zero attached hydrogens (tertiary/aromatic N) is 2. The van der Waals surface area contributed by atoms with Gasteiger partial charge in [0, 0.05) is 28.4 Å². The molecule has 0 spiro atoms. The van der Waals surface area contributed by atoms with Crippen LogP contribution < -0.4 is 5.32 Å². The molecule has 1 saturated heterocycles. The molecule has 1 amide bonds. The predicted molar refractivity (Wildman–Crippen MR) is 110 cm³/mol. The van der Waals surface area contributed by atoms with Crippen molar-refractivity contribution >= 4 is 43.8 Å². The summed E-state index contributed by atoms with van der Waals surface area (Å²) < 4.78 is 6.99. The standard InChI is InChI=1S/C20H17Br2N3O2/c21-16-11-17(22)18(24-13-16)10-14(12-23)19(26)25-20(6-8-27-9-7-20)15-4-2-1-3-5-15/h1-5,10-11,13H,6-9H2,(H,25,26)/b14-10+. The molecule has 1 aliphatic rings. The molecule has 2 heterocycles. The third-order valence-electron chi connectivity index (χ3n) is 4.51. The second-order valence-corrected chi connectivity index (χ2v) is 7.98. The summed E-state index contributed by atoms with van der Waals surface area (Å²) >= 11 is 6.74. The van der Waals surface area contributed by atoms with Gasteiger partial charge in [0.1, 0.15) is 11.6 Å². The van der Waals surface area contributed by atoms with Gasteiger partial charge in [-0.15, -0.1) is 0 Å². The topological polar surface area (TPSA) is 75.0 Å². The Bertz CT molecular complexity index is 901. The average Bonchev–Trinajstić information content (AvgIpc) is 2.69. The lowest BCUT2D eigenvalue weighted by Crippen LogP contribution is -2.49. The van der Waals surface area contributed by atoms with Crippen molar-refractivity contribution in [3.8, 4) is 6.07 Å². The maximum Gasteiger partial charge on any atom is 0.262 e.